The predicted molar refractivity (Wildman–Crippen MR) is 112 cm³/mol. The highest BCUT2D eigenvalue weighted by Gasteiger charge is 2.29. The maximum absolute atomic E-state index is 13.9. The van der Waals surface area contributed by atoms with E-state index in [9.17, 15) is 14.0 Å². The minimum Gasteiger partial charge on any atom is -0.466 e. The first-order valence-electron chi connectivity index (χ1n) is 10.9. The van der Waals surface area contributed by atoms with Crippen molar-refractivity contribution in [2.75, 3.05) is 33.3 Å². The number of carbonyl (C=O) groups excluding carboxylic acids is 2. The van der Waals surface area contributed by atoms with Gasteiger partial charge in [-0.2, -0.15) is 0 Å². The van der Waals surface area contributed by atoms with Crippen LogP contribution < -0.4 is 0 Å². The van der Waals surface area contributed by atoms with Crippen LogP contribution in [-0.2, 0) is 33.8 Å². The second-order valence-corrected chi connectivity index (χ2v) is 8.41. The zero-order valence-corrected chi connectivity index (χ0v) is 17.8. The number of aryl methyl sites for hydroxylation is 1. The number of esters is 1. The largest absolute Gasteiger partial charge is 0.466 e. The number of ether oxygens (including phenoxy) is 1. The highest BCUT2D eigenvalue weighted by Crippen LogP contribution is 2.31. The van der Waals surface area contributed by atoms with Crippen molar-refractivity contribution in [2.24, 2.45) is 5.92 Å². The molecule has 0 spiro atoms. The fourth-order valence-corrected chi connectivity index (χ4v) is 4.83. The molecular formula is C23H30FN3O3. The Morgan fingerprint density at radius 3 is 2.90 bits per heavy atom. The van der Waals surface area contributed by atoms with Gasteiger partial charge in [-0.05, 0) is 50.6 Å². The van der Waals surface area contributed by atoms with E-state index in [1.54, 1.807) is 17.9 Å². The van der Waals surface area contributed by atoms with Crippen LogP contribution in [0.15, 0.2) is 18.2 Å². The van der Waals surface area contributed by atoms with Gasteiger partial charge in [0, 0.05) is 62.2 Å². The third-order valence-electron chi connectivity index (χ3n) is 6.35. The van der Waals surface area contributed by atoms with E-state index >= 15 is 0 Å². The summed E-state index contributed by atoms with van der Waals surface area (Å²) in [7, 11) is 2.07. The van der Waals surface area contributed by atoms with Crippen LogP contribution in [0.4, 0.5) is 4.39 Å². The van der Waals surface area contributed by atoms with Crippen LogP contribution in [-0.4, -0.2) is 59.5 Å². The highest BCUT2D eigenvalue weighted by atomic mass is 19.1. The monoisotopic (exact) mass is 415 g/mol. The smallest absolute Gasteiger partial charge is 0.310 e. The van der Waals surface area contributed by atoms with Gasteiger partial charge in [0.25, 0.3) is 0 Å². The standard InChI is InChI=1S/C23H30FN3O3/c1-3-30-23(29)16-5-4-10-26(14-16)22(28)9-12-27-20-7-6-17(24)13-18(20)19-15-25(2)11-8-21(19)27/h6-7,13,16H,3-5,8-12,14-15H2,1-2H3. The number of benzene rings is 1. The number of fused-ring (bicyclic) bond motifs is 3. The highest BCUT2D eigenvalue weighted by molar-refractivity contribution is 5.86. The van der Waals surface area contributed by atoms with Gasteiger partial charge in [0.15, 0.2) is 0 Å². The molecule has 1 amide bonds. The van der Waals surface area contributed by atoms with E-state index in [-0.39, 0.29) is 23.6 Å². The number of aromatic nitrogens is 1. The summed E-state index contributed by atoms with van der Waals surface area (Å²) in [5, 5.41) is 0.948. The Hall–Kier alpha value is -2.41. The first-order valence-corrected chi connectivity index (χ1v) is 10.9. The quantitative estimate of drug-likeness (QED) is 0.705. The number of rotatable bonds is 5. The number of nitrogens with zero attached hydrogens (tertiary/aromatic N) is 3. The number of hydrogen-bond acceptors (Lipinski definition) is 4. The van der Waals surface area contributed by atoms with Crippen molar-refractivity contribution >= 4 is 22.8 Å². The predicted octanol–water partition coefficient (Wildman–Crippen LogP) is 2.96. The molecule has 1 aromatic carbocycles. The summed E-state index contributed by atoms with van der Waals surface area (Å²) in [6, 6.07) is 4.93. The minimum atomic E-state index is -0.231. The third-order valence-corrected chi connectivity index (χ3v) is 6.35. The van der Waals surface area contributed by atoms with Crippen LogP contribution in [0.2, 0.25) is 0 Å². The summed E-state index contributed by atoms with van der Waals surface area (Å²) in [5.41, 5.74) is 3.38. The molecule has 0 N–H and O–H groups in total. The molecule has 1 fully saturated rings. The Bertz CT molecular complexity index is 955. The Morgan fingerprint density at radius 2 is 2.10 bits per heavy atom. The van der Waals surface area contributed by atoms with Gasteiger partial charge in [0.05, 0.1) is 12.5 Å². The molecule has 2 aliphatic heterocycles. The molecule has 0 saturated carbocycles. The molecule has 0 bridgehead atoms. The summed E-state index contributed by atoms with van der Waals surface area (Å²) in [5.74, 6) is -0.590. The molecule has 30 heavy (non-hydrogen) atoms. The topological polar surface area (TPSA) is 54.8 Å². The van der Waals surface area contributed by atoms with Crippen molar-refractivity contribution < 1.29 is 18.7 Å². The van der Waals surface area contributed by atoms with Crippen LogP contribution in [0.25, 0.3) is 10.9 Å². The lowest BCUT2D eigenvalue weighted by atomic mass is 9.98. The van der Waals surface area contributed by atoms with E-state index in [4.69, 9.17) is 4.74 Å². The van der Waals surface area contributed by atoms with E-state index < -0.39 is 0 Å². The van der Waals surface area contributed by atoms with Gasteiger partial charge >= 0.3 is 5.97 Å². The molecule has 3 heterocycles. The van der Waals surface area contributed by atoms with Crippen molar-refractivity contribution in [1.29, 1.82) is 0 Å². The molecule has 1 aromatic heterocycles. The van der Waals surface area contributed by atoms with Gasteiger partial charge in [-0.15, -0.1) is 0 Å². The van der Waals surface area contributed by atoms with Crippen LogP contribution in [0.3, 0.4) is 0 Å². The molecule has 7 heteroatoms. The molecule has 0 aliphatic carbocycles. The number of halogens is 1. The zero-order valence-electron chi connectivity index (χ0n) is 17.8. The summed E-state index contributed by atoms with van der Waals surface area (Å²) in [6.07, 6.45) is 2.87. The fourth-order valence-electron chi connectivity index (χ4n) is 4.83. The number of likely N-dealkylation sites (tertiary alicyclic amines) is 1. The lowest BCUT2D eigenvalue weighted by Crippen LogP contribution is -2.43. The Kier molecular flexibility index (Phi) is 6.09. The van der Waals surface area contributed by atoms with Crippen LogP contribution in [0.5, 0.6) is 0 Å². The maximum atomic E-state index is 13.9. The minimum absolute atomic E-state index is 0.0645. The molecule has 4 rings (SSSR count). The lowest BCUT2D eigenvalue weighted by molar-refractivity contribution is -0.151. The van der Waals surface area contributed by atoms with E-state index in [1.165, 1.54) is 17.3 Å². The Labute approximate surface area is 176 Å². The molecule has 6 nitrogen and oxygen atoms in total. The molecule has 2 aromatic rings. The molecular weight excluding hydrogens is 385 g/mol. The first-order chi connectivity index (χ1) is 14.5. The molecule has 0 radical (unpaired) electrons. The summed E-state index contributed by atoms with van der Waals surface area (Å²) >= 11 is 0. The van der Waals surface area contributed by atoms with Crippen LogP contribution >= 0.6 is 0 Å². The van der Waals surface area contributed by atoms with E-state index in [0.717, 1.165) is 43.3 Å². The summed E-state index contributed by atoms with van der Waals surface area (Å²) < 4.78 is 21.2. The van der Waals surface area contributed by atoms with Crippen LogP contribution in [0.1, 0.15) is 37.4 Å². The average Bonchev–Trinajstić information content (AvgIpc) is 3.04. The van der Waals surface area contributed by atoms with Gasteiger partial charge in [-0.1, -0.05) is 0 Å². The van der Waals surface area contributed by atoms with Crippen molar-refractivity contribution in [3.63, 3.8) is 0 Å². The molecule has 1 atom stereocenters. The van der Waals surface area contributed by atoms with E-state index in [0.29, 0.717) is 32.7 Å². The third kappa shape index (κ3) is 4.08. The van der Waals surface area contributed by atoms with Gasteiger partial charge in [0.1, 0.15) is 5.82 Å². The molecule has 1 saturated heterocycles. The number of likely N-dealkylation sites (N-methyl/N-ethyl adjacent to an activating group) is 1. The van der Waals surface area contributed by atoms with Gasteiger partial charge in [-0.25, -0.2) is 4.39 Å². The number of piperidine rings is 1. The van der Waals surface area contributed by atoms with Crippen molar-refractivity contribution in [3.8, 4) is 0 Å². The van der Waals surface area contributed by atoms with E-state index in [1.807, 2.05) is 6.07 Å². The zero-order chi connectivity index (χ0) is 21.3. The normalized spacial score (nSPS) is 19.7. The van der Waals surface area contributed by atoms with Gasteiger partial charge in [-0.3, -0.25) is 9.59 Å². The molecule has 1 unspecified atom stereocenters. The van der Waals surface area contributed by atoms with Crippen LogP contribution in [0, 0.1) is 11.7 Å². The van der Waals surface area contributed by atoms with Crippen molar-refractivity contribution in [2.45, 2.75) is 45.7 Å². The SMILES string of the molecule is CCOC(=O)C1CCCN(C(=O)CCn2c3c(c4cc(F)ccc42)CN(C)CC3)C1. The number of hydrogen-bond donors (Lipinski definition) is 0. The lowest BCUT2D eigenvalue weighted by Gasteiger charge is -2.31. The fraction of sp³-hybridized carbons (Fsp3) is 0.565. The second kappa shape index (κ2) is 8.76. The summed E-state index contributed by atoms with van der Waals surface area (Å²) in [6.45, 7) is 5.62. The van der Waals surface area contributed by atoms with E-state index in [2.05, 4.69) is 16.5 Å². The van der Waals surface area contributed by atoms with Gasteiger partial charge in [0.2, 0.25) is 5.91 Å². The molecule has 2 aliphatic rings. The maximum Gasteiger partial charge on any atom is 0.310 e. The Balaban J connectivity index is 1.50. The molecule has 162 valence electrons. The van der Waals surface area contributed by atoms with Gasteiger partial charge < -0.3 is 19.1 Å². The van der Waals surface area contributed by atoms with Crippen molar-refractivity contribution in [3.05, 3.63) is 35.3 Å². The number of amides is 1. The Morgan fingerprint density at radius 1 is 1.27 bits per heavy atom. The average molecular weight is 416 g/mol. The first kappa shape index (κ1) is 20.8. The van der Waals surface area contributed by atoms with Crippen molar-refractivity contribution in [1.82, 2.24) is 14.4 Å². The second-order valence-electron chi connectivity index (χ2n) is 8.41. The number of carbonyl (C=O) groups is 2. The summed E-state index contributed by atoms with van der Waals surface area (Å²) in [4.78, 5) is 29.0.